The van der Waals surface area contributed by atoms with Gasteiger partial charge in [-0.1, -0.05) is 6.07 Å². The Balaban J connectivity index is 2.50. The predicted octanol–water partition coefficient (Wildman–Crippen LogP) is 2.40. The van der Waals surface area contributed by atoms with Crippen LogP contribution in [0.2, 0.25) is 0 Å². The summed E-state index contributed by atoms with van der Waals surface area (Å²) in [4.78, 5) is 0. The van der Waals surface area contributed by atoms with Gasteiger partial charge in [0.25, 0.3) is 0 Å². The molecule has 0 saturated heterocycles. The zero-order chi connectivity index (χ0) is 5.82. The van der Waals surface area contributed by atoms with Gasteiger partial charge in [0.1, 0.15) is 0 Å². The summed E-state index contributed by atoms with van der Waals surface area (Å²) in [6, 6.07) is 4.03. The van der Waals surface area contributed by atoms with Crippen molar-refractivity contribution < 1.29 is 4.18 Å². The lowest BCUT2D eigenvalue weighted by molar-refractivity contribution is 0.491. The number of hydrogen-bond acceptors (Lipinski definition) is 3. The Labute approximate surface area is 56.9 Å². The molecule has 0 fully saturated rings. The molecule has 0 atom stereocenters. The Hall–Kier alpha value is 0.01000. The number of rotatable bonds is 2. The first kappa shape index (κ1) is 6.13. The van der Waals surface area contributed by atoms with Crippen LogP contribution in [0.15, 0.2) is 21.7 Å². The molecule has 0 amide bonds. The molecule has 0 bridgehead atoms. The summed E-state index contributed by atoms with van der Waals surface area (Å²) in [6.45, 7) is 0. The highest BCUT2D eigenvalue weighted by molar-refractivity contribution is 7.96. The van der Waals surface area contributed by atoms with E-state index in [1.54, 1.807) is 18.4 Å². The third-order valence-electron chi connectivity index (χ3n) is 0.661. The van der Waals surface area contributed by atoms with Gasteiger partial charge < -0.3 is 4.18 Å². The Morgan fingerprint density at radius 1 is 1.75 bits per heavy atom. The van der Waals surface area contributed by atoms with E-state index in [9.17, 15) is 0 Å². The minimum absolute atomic E-state index is 1.20. The second-order valence-electron chi connectivity index (χ2n) is 1.18. The van der Waals surface area contributed by atoms with E-state index in [1.807, 2.05) is 17.5 Å². The summed E-state index contributed by atoms with van der Waals surface area (Å²) >= 11 is 3.09. The van der Waals surface area contributed by atoms with E-state index < -0.39 is 0 Å². The van der Waals surface area contributed by atoms with Gasteiger partial charge in [0, 0.05) is 12.0 Å². The maximum absolute atomic E-state index is 4.81. The molecule has 0 aliphatic rings. The van der Waals surface area contributed by atoms with Crippen molar-refractivity contribution in [2.24, 2.45) is 0 Å². The van der Waals surface area contributed by atoms with Crippen LogP contribution in [0.3, 0.4) is 0 Å². The normalized spacial score (nSPS) is 9.62. The van der Waals surface area contributed by atoms with Crippen LogP contribution in [0.1, 0.15) is 0 Å². The zero-order valence-corrected chi connectivity index (χ0v) is 6.09. The van der Waals surface area contributed by atoms with Crippen molar-refractivity contribution in [3.63, 3.8) is 0 Å². The van der Waals surface area contributed by atoms with E-state index in [4.69, 9.17) is 4.18 Å². The first-order valence-electron chi connectivity index (χ1n) is 2.17. The predicted molar refractivity (Wildman–Crippen MR) is 37.2 cm³/mol. The third-order valence-corrected chi connectivity index (χ3v) is 2.28. The van der Waals surface area contributed by atoms with Crippen molar-refractivity contribution in [3.8, 4) is 0 Å². The van der Waals surface area contributed by atoms with Gasteiger partial charge >= 0.3 is 0 Å². The highest BCUT2D eigenvalue weighted by atomic mass is 32.2. The van der Waals surface area contributed by atoms with Crippen LogP contribution in [-0.4, -0.2) is 7.11 Å². The van der Waals surface area contributed by atoms with Gasteiger partial charge in [0.2, 0.25) is 0 Å². The Bertz CT molecular complexity index is 136. The van der Waals surface area contributed by atoms with Gasteiger partial charge in [-0.15, -0.1) is 11.3 Å². The van der Waals surface area contributed by atoms with Crippen LogP contribution >= 0.6 is 23.4 Å². The Morgan fingerprint density at radius 3 is 3.12 bits per heavy atom. The third kappa shape index (κ3) is 1.51. The molecule has 8 heavy (non-hydrogen) atoms. The number of hydrogen-bond donors (Lipinski definition) is 0. The minimum Gasteiger partial charge on any atom is -0.313 e. The fourth-order valence-corrected chi connectivity index (χ4v) is 1.67. The summed E-state index contributed by atoms with van der Waals surface area (Å²) in [7, 11) is 1.67. The first-order chi connectivity index (χ1) is 3.93. The highest BCUT2D eigenvalue weighted by Crippen LogP contribution is 2.22. The second kappa shape index (κ2) is 3.12. The maximum atomic E-state index is 4.81. The second-order valence-corrected chi connectivity index (χ2v) is 3.33. The molecule has 1 rings (SSSR count). The zero-order valence-electron chi connectivity index (χ0n) is 4.46. The van der Waals surface area contributed by atoms with E-state index in [1.165, 1.54) is 16.3 Å². The lowest BCUT2D eigenvalue weighted by atomic mass is 10.7. The Morgan fingerprint density at radius 2 is 2.62 bits per heavy atom. The van der Waals surface area contributed by atoms with Crippen LogP contribution in [0.5, 0.6) is 0 Å². The standard InChI is InChI=1S/C5H6OS2/c1-6-8-5-3-2-4-7-5/h2-4H,1H3. The lowest BCUT2D eigenvalue weighted by Gasteiger charge is -1.86. The molecule has 1 heterocycles. The monoisotopic (exact) mass is 146 g/mol. The SMILES string of the molecule is COSc1cccs1. The van der Waals surface area contributed by atoms with E-state index in [0.29, 0.717) is 0 Å². The fourth-order valence-electron chi connectivity index (χ4n) is 0.393. The van der Waals surface area contributed by atoms with Crippen LogP contribution in [0.25, 0.3) is 0 Å². The average molecular weight is 146 g/mol. The molecule has 0 unspecified atom stereocenters. The molecule has 0 N–H and O–H groups in total. The molecule has 1 nitrogen and oxygen atoms in total. The molecule has 0 aliphatic heterocycles. The van der Waals surface area contributed by atoms with Gasteiger partial charge in [-0.25, -0.2) is 0 Å². The van der Waals surface area contributed by atoms with Gasteiger partial charge in [-0.05, 0) is 11.4 Å². The van der Waals surface area contributed by atoms with E-state index in [-0.39, 0.29) is 0 Å². The van der Waals surface area contributed by atoms with Crippen molar-refractivity contribution in [1.29, 1.82) is 0 Å². The minimum atomic E-state index is 1.20. The topological polar surface area (TPSA) is 9.23 Å². The van der Waals surface area contributed by atoms with Crippen LogP contribution in [0, 0.1) is 0 Å². The fraction of sp³-hybridized carbons (Fsp3) is 0.200. The molecule has 0 aromatic carbocycles. The summed E-state index contributed by atoms with van der Waals surface area (Å²) < 4.78 is 6.01. The quantitative estimate of drug-likeness (QED) is 0.592. The van der Waals surface area contributed by atoms with Gasteiger partial charge in [-0.3, -0.25) is 0 Å². The highest BCUT2D eigenvalue weighted by Gasteiger charge is 1.88. The molecule has 0 saturated carbocycles. The maximum Gasteiger partial charge on any atom is 0.0876 e. The summed E-state index contributed by atoms with van der Waals surface area (Å²) in [5.74, 6) is 0. The van der Waals surface area contributed by atoms with Crippen molar-refractivity contribution in [3.05, 3.63) is 17.5 Å². The molecule has 1 aromatic heterocycles. The van der Waals surface area contributed by atoms with Crippen LogP contribution in [-0.2, 0) is 4.18 Å². The molecular formula is C5H6OS2. The van der Waals surface area contributed by atoms with Crippen molar-refractivity contribution in [1.82, 2.24) is 0 Å². The van der Waals surface area contributed by atoms with Crippen molar-refractivity contribution >= 4 is 23.4 Å². The molecule has 0 aliphatic carbocycles. The van der Waals surface area contributed by atoms with Gasteiger partial charge in [0.05, 0.1) is 11.3 Å². The molecular weight excluding hydrogens is 140 g/mol. The first-order valence-corrected chi connectivity index (χ1v) is 3.80. The van der Waals surface area contributed by atoms with Gasteiger partial charge in [-0.2, -0.15) is 0 Å². The molecule has 44 valence electrons. The largest absolute Gasteiger partial charge is 0.313 e. The molecule has 0 spiro atoms. The number of thiophene rings is 1. The van der Waals surface area contributed by atoms with Crippen molar-refractivity contribution in [2.75, 3.05) is 7.11 Å². The molecule has 3 heteroatoms. The van der Waals surface area contributed by atoms with Crippen LogP contribution in [0.4, 0.5) is 0 Å². The molecule has 0 radical (unpaired) electrons. The lowest BCUT2D eigenvalue weighted by Crippen LogP contribution is -1.59. The van der Waals surface area contributed by atoms with E-state index >= 15 is 0 Å². The summed E-state index contributed by atoms with van der Waals surface area (Å²) in [5, 5.41) is 2.03. The smallest absolute Gasteiger partial charge is 0.0876 e. The van der Waals surface area contributed by atoms with E-state index in [2.05, 4.69) is 0 Å². The molecule has 1 aromatic rings. The van der Waals surface area contributed by atoms with Crippen LogP contribution < -0.4 is 0 Å². The average Bonchev–Trinajstić information content (AvgIpc) is 2.19. The Kier molecular flexibility index (Phi) is 2.39. The van der Waals surface area contributed by atoms with Crippen molar-refractivity contribution in [2.45, 2.75) is 4.21 Å². The summed E-state index contributed by atoms with van der Waals surface area (Å²) in [5.41, 5.74) is 0. The van der Waals surface area contributed by atoms with E-state index in [0.717, 1.165) is 0 Å². The van der Waals surface area contributed by atoms with Gasteiger partial charge in [0.15, 0.2) is 0 Å². The summed E-state index contributed by atoms with van der Waals surface area (Å²) in [6.07, 6.45) is 0.